The number of hydrogen-bond donors (Lipinski definition) is 1. The lowest BCUT2D eigenvalue weighted by Crippen LogP contribution is -1.93. The highest BCUT2D eigenvalue weighted by Crippen LogP contribution is 2.27. The highest BCUT2D eigenvalue weighted by Gasteiger charge is 2.15. The smallest absolute Gasteiger partial charge is 0.365 e. The van der Waals surface area contributed by atoms with E-state index in [0.29, 0.717) is 11.4 Å². The van der Waals surface area contributed by atoms with E-state index in [1.165, 1.54) is 0 Å². The highest BCUT2D eigenvalue weighted by atomic mass is 32.1. The molecule has 0 aliphatic carbocycles. The van der Waals surface area contributed by atoms with Gasteiger partial charge in [0.15, 0.2) is 0 Å². The minimum atomic E-state index is -1.02. The van der Waals surface area contributed by atoms with Gasteiger partial charge >= 0.3 is 5.97 Å². The van der Waals surface area contributed by atoms with Gasteiger partial charge in [0.05, 0.1) is 10.6 Å². The maximum atomic E-state index is 10.7. The van der Waals surface area contributed by atoms with E-state index in [2.05, 4.69) is 15.2 Å². The van der Waals surface area contributed by atoms with Gasteiger partial charge in [-0.15, -0.1) is 16.4 Å². The first-order valence-corrected chi connectivity index (χ1v) is 4.99. The molecule has 76 valence electrons. The molecule has 0 aliphatic heterocycles. The molecule has 0 aliphatic rings. The first-order chi connectivity index (χ1) is 7.18. The third-order valence-electron chi connectivity index (χ3n) is 1.78. The third-order valence-corrected chi connectivity index (χ3v) is 2.95. The van der Waals surface area contributed by atoms with E-state index in [4.69, 9.17) is 5.11 Å². The lowest BCUT2D eigenvalue weighted by Gasteiger charge is -1.93. The van der Waals surface area contributed by atoms with Gasteiger partial charge in [-0.1, -0.05) is 0 Å². The van der Waals surface area contributed by atoms with E-state index in [-0.39, 0.29) is 5.01 Å². The SMILES string of the molecule is Cc1nc(C(=O)O)sc1-c1cccnn1. The molecule has 2 aromatic heterocycles. The van der Waals surface area contributed by atoms with Crippen LogP contribution in [0, 0.1) is 6.92 Å². The predicted molar refractivity (Wildman–Crippen MR) is 54.8 cm³/mol. The van der Waals surface area contributed by atoms with E-state index in [1.807, 2.05) is 0 Å². The molecule has 0 amide bonds. The van der Waals surface area contributed by atoms with Crippen molar-refractivity contribution in [1.82, 2.24) is 15.2 Å². The molecular formula is C9H7N3O2S. The van der Waals surface area contributed by atoms with E-state index >= 15 is 0 Å². The van der Waals surface area contributed by atoms with Crippen molar-refractivity contribution in [3.63, 3.8) is 0 Å². The largest absolute Gasteiger partial charge is 0.476 e. The molecule has 0 saturated carbocycles. The van der Waals surface area contributed by atoms with Gasteiger partial charge in [-0.05, 0) is 19.1 Å². The van der Waals surface area contributed by atoms with Gasteiger partial charge in [0.25, 0.3) is 0 Å². The van der Waals surface area contributed by atoms with Gasteiger partial charge in [-0.2, -0.15) is 5.10 Å². The van der Waals surface area contributed by atoms with E-state index in [0.717, 1.165) is 16.2 Å². The number of carboxylic acids is 1. The molecule has 2 rings (SSSR count). The van der Waals surface area contributed by atoms with E-state index in [9.17, 15) is 4.79 Å². The van der Waals surface area contributed by atoms with Crippen molar-refractivity contribution in [1.29, 1.82) is 0 Å². The Kier molecular flexibility index (Phi) is 2.42. The molecule has 0 atom stereocenters. The van der Waals surface area contributed by atoms with Crippen molar-refractivity contribution in [3.05, 3.63) is 29.0 Å². The minimum absolute atomic E-state index is 0.0770. The molecule has 0 aromatic carbocycles. The van der Waals surface area contributed by atoms with Gasteiger partial charge < -0.3 is 5.11 Å². The number of carbonyl (C=O) groups is 1. The summed E-state index contributed by atoms with van der Waals surface area (Å²) in [6, 6.07) is 3.53. The zero-order chi connectivity index (χ0) is 10.8. The fourth-order valence-corrected chi connectivity index (χ4v) is 2.02. The maximum Gasteiger partial charge on any atom is 0.365 e. The van der Waals surface area contributed by atoms with Crippen molar-refractivity contribution >= 4 is 17.3 Å². The van der Waals surface area contributed by atoms with Crippen LogP contribution >= 0.6 is 11.3 Å². The summed E-state index contributed by atoms with van der Waals surface area (Å²) in [7, 11) is 0. The van der Waals surface area contributed by atoms with Crippen molar-refractivity contribution in [2.45, 2.75) is 6.92 Å². The zero-order valence-corrected chi connectivity index (χ0v) is 8.65. The topological polar surface area (TPSA) is 76.0 Å². The molecule has 5 nitrogen and oxygen atoms in total. The number of rotatable bonds is 2. The molecule has 0 fully saturated rings. The van der Waals surface area contributed by atoms with Crippen LogP contribution in [0.3, 0.4) is 0 Å². The summed E-state index contributed by atoms with van der Waals surface area (Å²) < 4.78 is 0. The molecule has 15 heavy (non-hydrogen) atoms. The van der Waals surface area contributed by atoms with Crippen molar-refractivity contribution in [2.24, 2.45) is 0 Å². The molecule has 1 N–H and O–H groups in total. The Hall–Kier alpha value is -1.82. The lowest BCUT2D eigenvalue weighted by molar-refractivity contribution is 0.0696. The monoisotopic (exact) mass is 221 g/mol. The Balaban J connectivity index is 2.50. The average molecular weight is 221 g/mol. The van der Waals surface area contributed by atoms with Gasteiger partial charge in [0, 0.05) is 6.20 Å². The summed E-state index contributed by atoms with van der Waals surface area (Å²) in [4.78, 5) is 15.4. The second-order valence-electron chi connectivity index (χ2n) is 2.85. The number of nitrogens with zero attached hydrogens (tertiary/aromatic N) is 3. The van der Waals surface area contributed by atoms with Crippen LogP contribution in [0.15, 0.2) is 18.3 Å². The second kappa shape index (κ2) is 3.74. The molecule has 0 spiro atoms. The average Bonchev–Trinajstić information content (AvgIpc) is 2.62. The maximum absolute atomic E-state index is 10.7. The Morgan fingerprint density at radius 1 is 1.53 bits per heavy atom. The van der Waals surface area contributed by atoms with E-state index in [1.54, 1.807) is 25.3 Å². The van der Waals surface area contributed by atoms with Gasteiger partial charge in [0.1, 0.15) is 5.69 Å². The lowest BCUT2D eigenvalue weighted by atomic mass is 10.3. The summed E-state index contributed by atoms with van der Waals surface area (Å²) in [5.41, 5.74) is 1.32. The summed E-state index contributed by atoms with van der Waals surface area (Å²) in [5.74, 6) is -1.02. The standard InChI is InChI=1S/C9H7N3O2S/c1-5-7(6-3-2-4-10-12-6)15-8(11-5)9(13)14/h2-4H,1H3,(H,13,14). The molecule has 0 bridgehead atoms. The first kappa shape index (κ1) is 9.72. The Bertz CT molecular complexity index is 495. The first-order valence-electron chi connectivity index (χ1n) is 4.17. The summed E-state index contributed by atoms with van der Waals surface area (Å²) in [6.07, 6.45) is 1.57. The van der Waals surface area contributed by atoms with Crippen LogP contribution < -0.4 is 0 Å². The van der Waals surface area contributed by atoms with Crippen LogP contribution in [-0.4, -0.2) is 26.3 Å². The number of aromatic carboxylic acids is 1. The Morgan fingerprint density at radius 2 is 2.33 bits per heavy atom. The minimum Gasteiger partial charge on any atom is -0.476 e. The van der Waals surface area contributed by atoms with E-state index < -0.39 is 5.97 Å². The van der Waals surface area contributed by atoms with Gasteiger partial charge in [-0.25, -0.2) is 9.78 Å². The van der Waals surface area contributed by atoms with Crippen molar-refractivity contribution in [2.75, 3.05) is 0 Å². The molecule has 6 heteroatoms. The predicted octanol–water partition coefficient (Wildman–Crippen LogP) is 1.61. The molecule has 0 saturated heterocycles. The molecular weight excluding hydrogens is 214 g/mol. The van der Waals surface area contributed by atoms with Gasteiger partial charge in [-0.3, -0.25) is 0 Å². The number of thiazole rings is 1. The molecule has 0 unspecified atom stereocenters. The summed E-state index contributed by atoms with van der Waals surface area (Å²) in [5, 5.41) is 16.5. The van der Waals surface area contributed by atoms with Crippen LogP contribution in [0.2, 0.25) is 0 Å². The second-order valence-corrected chi connectivity index (χ2v) is 3.85. The molecule has 0 radical (unpaired) electrons. The highest BCUT2D eigenvalue weighted by molar-refractivity contribution is 7.17. The summed E-state index contributed by atoms with van der Waals surface area (Å²) in [6.45, 7) is 1.76. The number of aromatic nitrogens is 3. The zero-order valence-electron chi connectivity index (χ0n) is 7.84. The number of carboxylic acid groups (broad SMARTS) is 1. The normalized spacial score (nSPS) is 10.2. The number of aryl methyl sites for hydroxylation is 1. The van der Waals surface area contributed by atoms with Crippen LogP contribution in [0.1, 0.15) is 15.5 Å². The number of hydrogen-bond acceptors (Lipinski definition) is 5. The fraction of sp³-hybridized carbons (Fsp3) is 0.111. The quantitative estimate of drug-likeness (QED) is 0.833. The fourth-order valence-electron chi connectivity index (χ4n) is 1.15. The van der Waals surface area contributed by atoms with Crippen molar-refractivity contribution in [3.8, 4) is 10.6 Å². The third kappa shape index (κ3) is 1.84. The van der Waals surface area contributed by atoms with Crippen LogP contribution in [0.4, 0.5) is 0 Å². The van der Waals surface area contributed by atoms with Crippen molar-refractivity contribution < 1.29 is 9.90 Å². The molecule has 2 heterocycles. The van der Waals surface area contributed by atoms with Crippen LogP contribution in [0.5, 0.6) is 0 Å². The molecule has 2 aromatic rings. The summed E-state index contributed by atoms with van der Waals surface area (Å²) >= 11 is 1.11. The van der Waals surface area contributed by atoms with Gasteiger partial charge in [0.2, 0.25) is 5.01 Å². The van der Waals surface area contributed by atoms with Crippen LogP contribution in [0.25, 0.3) is 10.6 Å². The Labute approximate surface area is 89.4 Å². The Morgan fingerprint density at radius 3 is 2.87 bits per heavy atom. The van der Waals surface area contributed by atoms with Crippen LogP contribution in [-0.2, 0) is 0 Å².